The van der Waals surface area contributed by atoms with Crippen molar-refractivity contribution in [2.24, 2.45) is 5.73 Å². The van der Waals surface area contributed by atoms with Crippen molar-refractivity contribution in [2.75, 3.05) is 31.2 Å². The van der Waals surface area contributed by atoms with Gasteiger partial charge in [-0.1, -0.05) is 0 Å². The van der Waals surface area contributed by atoms with Crippen LogP contribution in [-0.4, -0.2) is 42.0 Å². The topological polar surface area (TPSA) is 90.5 Å². The molecule has 1 saturated heterocycles. The first kappa shape index (κ1) is 12.6. The van der Waals surface area contributed by atoms with Crippen LogP contribution in [0.15, 0.2) is 17.1 Å². The number of carbonyl (C=O) groups is 1. The molecule has 0 bridgehead atoms. The van der Waals surface area contributed by atoms with Crippen molar-refractivity contribution >= 4 is 11.6 Å². The van der Waals surface area contributed by atoms with Crippen LogP contribution in [0.3, 0.4) is 0 Å². The van der Waals surface area contributed by atoms with E-state index in [-0.39, 0.29) is 5.56 Å². The maximum Gasteiger partial charge on any atom is 0.269 e. The highest BCUT2D eigenvalue weighted by atomic mass is 16.5. The van der Waals surface area contributed by atoms with Crippen molar-refractivity contribution in [1.29, 1.82) is 0 Å². The Labute approximate surface area is 104 Å². The van der Waals surface area contributed by atoms with Crippen molar-refractivity contribution in [1.82, 2.24) is 9.78 Å². The summed E-state index contributed by atoms with van der Waals surface area (Å²) in [5.74, 6) is -0.580. The highest BCUT2D eigenvalue weighted by Crippen LogP contribution is 2.12. The van der Waals surface area contributed by atoms with Gasteiger partial charge in [-0.05, 0) is 6.92 Å². The Morgan fingerprint density at radius 1 is 1.50 bits per heavy atom. The van der Waals surface area contributed by atoms with Crippen LogP contribution in [0.5, 0.6) is 0 Å². The van der Waals surface area contributed by atoms with Crippen LogP contribution in [0.25, 0.3) is 0 Å². The summed E-state index contributed by atoms with van der Waals surface area (Å²) in [7, 11) is 0. The van der Waals surface area contributed by atoms with E-state index in [1.165, 1.54) is 6.07 Å². The van der Waals surface area contributed by atoms with Gasteiger partial charge in [0.2, 0.25) is 5.91 Å². The number of amides is 1. The number of nitrogens with two attached hydrogens (primary N) is 1. The highest BCUT2D eigenvalue weighted by molar-refractivity contribution is 5.77. The van der Waals surface area contributed by atoms with Gasteiger partial charge in [-0.15, -0.1) is 0 Å². The molecule has 1 aromatic heterocycles. The van der Waals surface area contributed by atoms with Crippen LogP contribution >= 0.6 is 0 Å². The SMILES string of the molecule is CC(C(N)=O)n1ncc(N2CCOCC2)cc1=O. The summed E-state index contributed by atoms with van der Waals surface area (Å²) >= 11 is 0. The third-order valence-electron chi connectivity index (χ3n) is 2.97. The van der Waals surface area contributed by atoms with Crippen LogP contribution < -0.4 is 16.2 Å². The van der Waals surface area contributed by atoms with E-state index in [4.69, 9.17) is 10.5 Å². The number of aromatic nitrogens is 2. The summed E-state index contributed by atoms with van der Waals surface area (Å²) in [6, 6.07) is 0.730. The molecule has 0 radical (unpaired) electrons. The van der Waals surface area contributed by atoms with Gasteiger partial charge >= 0.3 is 0 Å². The number of rotatable bonds is 3. The first-order chi connectivity index (χ1) is 8.59. The van der Waals surface area contributed by atoms with Crippen LogP contribution in [0.2, 0.25) is 0 Å². The highest BCUT2D eigenvalue weighted by Gasteiger charge is 2.16. The molecule has 0 saturated carbocycles. The summed E-state index contributed by atoms with van der Waals surface area (Å²) in [6.07, 6.45) is 1.58. The zero-order chi connectivity index (χ0) is 13.1. The van der Waals surface area contributed by atoms with Gasteiger partial charge in [-0.25, -0.2) is 4.68 Å². The number of hydrogen-bond donors (Lipinski definition) is 1. The van der Waals surface area contributed by atoms with Crippen molar-refractivity contribution in [3.05, 3.63) is 22.6 Å². The fourth-order valence-corrected chi connectivity index (χ4v) is 1.81. The lowest BCUT2D eigenvalue weighted by molar-refractivity contribution is -0.121. The molecule has 7 heteroatoms. The molecule has 2 heterocycles. The first-order valence-corrected chi connectivity index (χ1v) is 5.80. The lowest BCUT2D eigenvalue weighted by Gasteiger charge is -2.28. The van der Waals surface area contributed by atoms with Crippen molar-refractivity contribution < 1.29 is 9.53 Å². The zero-order valence-corrected chi connectivity index (χ0v) is 10.2. The molecule has 98 valence electrons. The number of ether oxygens (including phenoxy) is 1. The Kier molecular flexibility index (Phi) is 3.61. The smallest absolute Gasteiger partial charge is 0.269 e. The second-order valence-electron chi connectivity index (χ2n) is 4.17. The maximum absolute atomic E-state index is 11.9. The quantitative estimate of drug-likeness (QED) is 0.755. The monoisotopic (exact) mass is 252 g/mol. The zero-order valence-electron chi connectivity index (χ0n) is 10.2. The molecule has 2 N–H and O–H groups in total. The van der Waals surface area contributed by atoms with Crippen molar-refractivity contribution in [3.8, 4) is 0 Å². The van der Waals surface area contributed by atoms with Gasteiger partial charge < -0.3 is 15.4 Å². The van der Waals surface area contributed by atoms with E-state index in [1.807, 2.05) is 4.90 Å². The predicted molar refractivity (Wildman–Crippen MR) is 65.4 cm³/mol. The van der Waals surface area contributed by atoms with Crippen LogP contribution in [0.4, 0.5) is 5.69 Å². The summed E-state index contributed by atoms with van der Waals surface area (Å²) in [4.78, 5) is 24.9. The Morgan fingerprint density at radius 2 is 2.17 bits per heavy atom. The van der Waals surface area contributed by atoms with Crippen LogP contribution in [0.1, 0.15) is 13.0 Å². The van der Waals surface area contributed by atoms with Gasteiger partial charge in [0.25, 0.3) is 5.56 Å². The Bertz CT molecular complexity index is 493. The summed E-state index contributed by atoms with van der Waals surface area (Å²) in [5, 5.41) is 4.00. The Morgan fingerprint density at radius 3 is 2.72 bits per heavy atom. The largest absolute Gasteiger partial charge is 0.378 e. The molecule has 2 rings (SSSR count). The van der Waals surface area contributed by atoms with E-state index in [0.29, 0.717) is 13.2 Å². The third kappa shape index (κ3) is 2.51. The molecule has 1 aliphatic heterocycles. The molecule has 1 fully saturated rings. The molecule has 0 spiro atoms. The predicted octanol–water partition coefficient (Wildman–Crippen LogP) is -0.874. The minimum atomic E-state index is -0.740. The van der Waals surface area contributed by atoms with E-state index in [9.17, 15) is 9.59 Å². The van der Waals surface area contributed by atoms with Gasteiger partial charge in [0.1, 0.15) is 6.04 Å². The molecule has 1 aromatic rings. The number of nitrogens with zero attached hydrogens (tertiary/aromatic N) is 3. The average molecular weight is 252 g/mol. The summed E-state index contributed by atoms with van der Waals surface area (Å²) < 4.78 is 6.33. The van der Waals surface area contributed by atoms with E-state index < -0.39 is 11.9 Å². The number of morpholine rings is 1. The van der Waals surface area contributed by atoms with Gasteiger partial charge in [0, 0.05) is 19.2 Å². The third-order valence-corrected chi connectivity index (χ3v) is 2.97. The van der Waals surface area contributed by atoms with Gasteiger partial charge in [-0.3, -0.25) is 9.59 Å². The lowest BCUT2D eigenvalue weighted by Crippen LogP contribution is -2.38. The molecule has 1 amide bonds. The summed E-state index contributed by atoms with van der Waals surface area (Å²) in [6.45, 7) is 4.29. The Hall–Kier alpha value is -1.89. The minimum Gasteiger partial charge on any atom is -0.378 e. The molecular formula is C11H16N4O3. The molecule has 18 heavy (non-hydrogen) atoms. The fraction of sp³-hybridized carbons (Fsp3) is 0.545. The molecule has 0 aliphatic carbocycles. The lowest BCUT2D eigenvalue weighted by atomic mass is 10.3. The van der Waals surface area contributed by atoms with Gasteiger partial charge in [0.15, 0.2) is 0 Å². The number of anilines is 1. The van der Waals surface area contributed by atoms with E-state index in [2.05, 4.69) is 5.10 Å². The molecule has 0 aromatic carbocycles. The van der Waals surface area contributed by atoms with Crippen LogP contribution in [0, 0.1) is 0 Å². The number of hydrogen-bond acceptors (Lipinski definition) is 5. The molecule has 1 unspecified atom stereocenters. The van der Waals surface area contributed by atoms with Crippen molar-refractivity contribution in [3.63, 3.8) is 0 Å². The van der Waals surface area contributed by atoms with Gasteiger partial charge in [0.05, 0.1) is 25.1 Å². The number of primary amides is 1. The van der Waals surface area contributed by atoms with Crippen molar-refractivity contribution in [2.45, 2.75) is 13.0 Å². The molecule has 1 aliphatic rings. The van der Waals surface area contributed by atoms with Gasteiger partial charge in [-0.2, -0.15) is 5.10 Å². The van der Waals surface area contributed by atoms with E-state index in [1.54, 1.807) is 13.1 Å². The molecule has 7 nitrogen and oxygen atoms in total. The normalized spacial score (nSPS) is 17.5. The van der Waals surface area contributed by atoms with E-state index in [0.717, 1.165) is 23.5 Å². The van der Waals surface area contributed by atoms with E-state index >= 15 is 0 Å². The molecule has 1 atom stereocenters. The standard InChI is InChI=1S/C11H16N4O3/c1-8(11(12)17)15-10(16)6-9(7-13-15)14-2-4-18-5-3-14/h6-8H,2-5H2,1H3,(H2,12,17). The Balaban J connectivity index is 2.24. The fourth-order valence-electron chi connectivity index (χ4n) is 1.81. The average Bonchev–Trinajstić information content (AvgIpc) is 2.38. The maximum atomic E-state index is 11.9. The number of carbonyl (C=O) groups excluding carboxylic acids is 1. The molecular weight excluding hydrogens is 236 g/mol. The summed E-state index contributed by atoms with van der Waals surface area (Å²) in [5.41, 5.74) is 5.57. The second-order valence-corrected chi connectivity index (χ2v) is 4.17. The second kappa shape index (κ2) is 5.18. The minimum absolute atomic E-state index is 0.328. The first-order valence-electron chi connectivity index (χ1n) is 5.80. The van der Waals surface area contributed by atoms with Crippen LogP contribution in [-0.2, 0) is 9.53 Å².